The monoisotopic (exact) mass is 936 g/mol. The van der Waals surface area contributed by atoms with E-state index in [2.05, 4.69) is 242 Å². The predicted octanol–water partition coefficient (Wildman–Crippen LogP) is 17.1. The predicted molar refractivity (Wildman–Crippen MR) is 309 cm³/mol. The fourth-order valence-corrected chi connectivity index (χ4v) is 15.6. The van der Waals surface area contributed by atoms with Crippen molar-refractivity contribution in [2.75, 3.05) is 0 Å². The van der Waals surface area contributed by atoms with Crippen molar-refractivity contribution in [3.05, 3.63) is 261 Å². The Labute approximate surface area is 430 Å². The van der Waals surface area contributed by atoms with Crippen molar-refractivity contribution in [1.82, 2.24) is 0 Å². The normalized spacial score (nSPS) is 21.9. The van der Waals surface area contributed by atoms with Gasteiger partial charge in [-0.05, 0) is 180 Å². The van der Waals surface area contributed by atoms with Crippen LogP contribution in [-0.4, -0.2) is 0 Å². The van der Waals surface area contributed by atoms with Gasteiger partial charge in [-0.25, -0.2) is 0 Å². The molecule has 3 unspecified atom stereocenters. The highest BCUT2D eigenvalue weighted by atomic mass is 14.5. The van der Waals surface area contributed by atoms with Crippen LogP contribution in [0.1, 0.15) is 94.2 Å². The summed E-state index contributed by atoms with van der Waals surface area (Å²) in [6.07, 6.45) is 20.5. The molecule has 8 aromatic rings. The summed E-state index contributed by atoms with van der Waals surface area (Å²) in [6, 6.07) is 60.6. The van der Waals surface area contributed by atoms with Crippen molar-refractivity contribution in [3.63, 3.8) is 0 Å². The van der Waals surface area contributed by atoms with Gasteiger partial charge in [0.2, 0.25) is 0 Å². The Hall–Kier alpha value is -7.54. The van der Waals surface area contributed by atoms with Crippen LogP contribution in [0.25, 0.3) is 77.2 Å². The Balaban J connectivity index is 0.840. The van der Waals surface area contributed by atoms with Crippen molar-refractivity contribution in [1.29, 1.82) is 0 Å². The molecule has 7 aliphatic rings. The average Bonchev–Trinajstić information content (AvgIpc) is 3.90. The van der Waals surface area contributed by atoms with Crippen LogP contribution in [0.4, 0.5) is 0 Å². The molecule has 0 aromatic heterocycles. The first-order valence-corrected chi connectivity index (χ1v) is 27.0. The van der Waals surface area contributed by atoms with Crippen LogP contribution in [0, 0.1) is 17.8 Å². The molecule has 0 radical (unpaired) electrons. The maximum absolute atomic E-state index is 2.62. The van der Waals surface area contributed by atoms with E-state index in [0.717, 1.165) is 19.3 Å². The molecular weight excluding hydrogens is 877 g/mol. The Kier molecular flexibility index (Phi) is 9.00. The van der Waals surface area contributed by atoms with E-state index < -0.39 is 0 Å². The molecule has 0 aliphatic heterocycles. The third kappa shape index (κ3) is 5.90. The van der Waals surface area contributed by atoms with E-state index in [-0.39, 0.29) is 22.2 Å². The van der Waals surface area contributed by atoms with Gasteiger partial charge in [0.1, 0.15) is 0 Å². The molecule has 73 heavy (non-hydrogen) atoms. The molecule has 0 fully saturated rings. The molecule has 0 heterocycles. The number of fused-ring (bicyclic) bond motifs is 12. The Morgan fingerprint density at radius 3 is 1.56 bits per heavy atom. The fraction of sp³-hybridized carbons (Fsp3) is 0.205. The summed E-state index contributed by atoms with van der Waals surface area (Å²) in [5, 5.41) is 8.07. The minimum atomic E-state index is -0.0746. The Morgan fingerprint density at radius 2 is 0.932 bits per heavy atom. The highest BCUT2D eigenvalue weighted by Crippen LogP contribution is 2.58. The van der Waals surface area contributed by atoms with E-state index in [1.807, 2.05) is 0 Å². The number of hydrogen-bond acceptors (Lipinski definition) is 0. The second-order valence-corrected chi connectivity index (χ2v) is 23.8. The molecule has 0 spiro atoms. The molecule has 352 valence electrons. The maximum atomic E-state index is 2.62. The van der Waals surface area contributed by atoms with Gasteiger partial charge in [-0.2, -0.15) is 0 Å². The summed E-state index contributed by atoms with van der Waals surface area (Å²) in [4.78, 5) is 0. The van der Waals surface area contributed by atoms with E-state index >= 15 is 0 Å². The highest BCUT2D eigenvalue weighted by Gasteiger charge is 2.46. The molecular formula is C73H60. The topological polar surface area (TPSA) is 0 Å². The molecule has 0 amide bonds. The van der Waals surface area contributed by atoms with Gasteiger partial charge in [-0.1, -0.05) is 230 Å². The van der Waals surface area contributed by atoms with Crippen LogP contribution >= 0.6 is 0 Å². The lowest BCUT2D eigenvalue weighted by atomic mass is 9.65. The van der Waals surface area contributed by atoms with Crippen LogP contribution in [0.15, 0.2) is 217 Å². The highest BCUT2D eigenvalue weighted by molar-refractivity contribution is 6.21. The molecule has 0 N–H and O–H groups in total. The van der Waals surface area contributed by atoms with Crippen molar-refractivity contribution in [3.8, 4) is 33.4 Å². The first-order valence-electron chi connectivity index (χ1n) is 27.0. The summed E-state index contributed by atoms with van der Waals surface area (Å²) < 4.78 is 0. The Bertz CT molecular complexity index is 4080. The van der Waals surface area contributed by atoms with E-state index in [9.17, 15) is 0 Å². The molecule has 0 heteroatoms. The average molecular weight is 937 g/mol. The fourth-order valence-electron chi connectivity index (χ4n) is 15.6. The minimum absolute atomic E-state index is 0.00409. The van der Waals surface area contributed by atoms with Crippen molar-refractivity contribution in [2.24, 2.45) is 17.8 Å². The third-order valence-electron chi connectivity index (χ3n) is 19.1. The van der Waals surface area contributed by atoms with E-state index in [1.165, 1.54) is 132 Å². The summed E-state index contributed by atoms with van der Waals surface area (Å²) in [5.41, 5.74) is 27.1. The first-order chi connectivity index (χ1) is 35.5. The van der Waals surface area contributed by atoms with Crippen LogP contribution < -0.4 is 10.4 Å². The second kappa shape index (κ2) is 15.3. The molecule has 0 nitrogen and oxygen atoms in total. The zero-order chi connectivity index (χ0) is 49.1. The minimum Gasteiger partial charge on any atom is -0.0761 e. The lowest BCUT2D eigenvalue weighted by Gasteiger charge is -2.38. The van der Waals surface area contributed by atoms with Gasteiger partial charge < -0.3 is 0 Å². The van der Waals surface area contributed by atoms with Crippen molar-refractivity contribution < 1.29 is 0 Å². The second-order valence-electron chi connectivity index (χ2n) is 23.8. The summed E-state index contributed by atoms with van der Waals surface area (Å²) in [7, 11) is 0. The van der Waals surface area contributed by atoms with Gasteiger partial charge in [-0.15, -0.1) is 0 Å². The van der Waals surface area contributed by atoms with Gasteiger partial charge in [-0.3, -0.25) is 0 Å². The first kappa shape index (κ1) is 43.1. The smallest absolute Gasteiger partial charge is 0.0159 e. The van der Waals surface area contributed by atoms with Gasteiger partial charge in [0, 0.05) is 22.7 Å². The maximum Gasteiger partial charge on any atom is 0.0159 e. The van der Waals surface area contributed by atoms with Crippen LogP contribution in [0.5, 0.6) is 0 Å². The van der Waals surface area contributed by atoms with Crippen LogP contribution in [-0.2, 0) is 16.2 Å². The zero-order valence-electron chi connectivity index (χ0n) is 42.9. The standard InChI is InChI=1S/C73H60/c1-71(2)61-29-17-15-19-47(61)49-35-31-43(39-63(49)71)67-53-21-7-11-25-57(53)69(58-26-12-8-22-54(58)67)45-33-37-51-52-38-34-46(42-66(52)73(5,6)65(51)41-45)70-59-27-13-9-23-55(59)68(56-24-10-14-28-60(56)70)44-32-36-50-48-20-16-18-30-62(48)72(3,4)64(50)40-44/h7-31,33-35,37-41,55,59,66H,32,36,42H2,1-6H3. The molecule has 8 aromatic carbocycles. The molecule has 3 atom stereocenters. The largest absolute Gasteiger partial charge is 0.0761 e. The van der Waals surface area contributed by atoms with Crippen LogP contribution in [0.2, 0.25) is 0 Å². The Morgan fingerprint density at radius 1 is 0.425 bits per heavy atom. The van der Waals surface area contributed by atoms with Crippen molar-refractivity contribution in [2.45, 2.75) is 77.0 Å². The third-order valence-corrected chi connectivity index (χ3v) is 19.1. The molecule has 0 saturated carbocycles. The SMILES string of the molecule is CC1(C)C2=C(CCC(C3=c4ccccc4=C(C4=CC=C5c6ccc(-c7c8ccccc8c(-c8ccc9c(c8)C(C)(C)c8ccccc8-9)c8ccccc78)cc6C(C)(C)C5C4)C4C=CC=CC34)=C2)c2ccccc21. The van der Waals surface area contributed by atoms with Gasteiger partial charge in [0.25, 0.3) is 0 Å². The summed E-state index contributed by atoms with van der Waals surface area (Å²) >= 11 is 0. The van der Waals surface area contributed by atoms with Gasteiger partial charge >= 0.3 is 0 Å². The van der Waals surface area contributed by atoms with Gasteiger partial charge in [0.05, 0.1) is 0 Å². The van der Waals surface area contributed by atoms with Crippen molar-refractivity contribution >= 4 is 43.8 Å². The molecule has 15 rings (SSSR count). The molecule has 7 aliphatic carbocycles. The van der Waals surface area contributed by atoms with E-state index in [1.54, 1.807) is 5.57 Å². The number of rotatable bonds is 4. The van der Waals surface area contributed by atoms with Crippen LogP contribution in [0.3, 0.4) is 0 Å². The number of allylic oxidation sites excluding steroid dienone is 12. The van der Waals surface area contributed by atoms with E-state index in [4.69, 9.17) is 0 Å². The lowest BCUT2D eigenvalue weighted by molar-refractivity contribution is 0.409. The molecule has 0 bridgehead atoms. The summed E-state index contributed by atoms with van der Waals surface area (Å²) in [5.74, 6) is 0.942. The lowest BCUT2D eigenvalue weighted by Crippen LogP contribution is -2.41. The number of hydrogen-bond donors (Lipinski definition) is 0. The summed E-state index contributed by atoms with van der Waals surface area (Å²) in [6.45, 7) is 14.7. The molecule has 0 saturated heterocycles. The quantitative estimate of drug-likeness (QED) is 0.154. The van der Waals surface area contributed by atoms with Gasteiger partial charge in [0.15, 0.2) is 0 Å². The zero-order valence-corrected chi connectivity index (χ0v) is 42.9. The van der Waals surface area contributed by atoms with E-state index in [0.29, 0.717) is 11.8 Å². The number of benzene rings is 8.